The molecule has 0 spiro atoms. The maximum atomic E-state index is 13.7. The van der Waals surface area contributed by atoms with E-state index < -0.39 is 33.7 Å². The molecule has 0 atom stereocenters. The molecule has 10 heteroatoms. The van der Waals surface area contributed by atoms with Crippen molar-refractivity contribution >= 4 is 23.4 Å². The number of carbonyl (C=O) groups is 1. The number of nitro groups is 1. The highest BCUT2D eigenvalue weighted by Crippen LogP contribution is 2.35. The Morgan fingerprint density at radius 3 is 2.39 bits per heavy atom. The molecule has 0 aromatic heterocycles. The van der Waals surface area contributed by atoms with E-state index in [0.29, 0.717) is 6.07 Å². The van der Waals surface area contributed by atoms with Gasteiger partial charge in [0.05, 0.1) is 36.5 Å². The van der Waals surface area contributed by atoms with Gasteiger partial charge in [0.15, 0.2) is 11.5 Å². The summed E-state index contributed by atoms with van der Waals surface area (Å²) in [4.78, 5) is 22.8. The first-order valence-corrected chi connectivity index (χ1v) is 7.59. The van der Waals surface area contributed by atoms with Crippen molar-refractivity contribution in [2.24, 2.45) is 0 Å². The standard InChI is InChI=1S/C18H13F2N3O5/c1-27-16-6-10(15(23(25)26)8-17(16)28-2)5-11(9-21)18(24)22-14-4-3-12(19)7-13(14)20/h3-8H,1-2H3,(H,22,24)/b11-5+. The Morgan fingerprint density at radius 2 is 1.86 bits per heavy atom. The van der Waals surface area contributed by atoms with E-state index in [0.717, 1.165) is 24.3 Å². The molecule has 0 saturated carbocycles. The van der Waals surface area contributed by atoms with Crippen molar-refractivity contribution in [2.75, 3.05) is 19.5 Å². The highest BCUT2D eigenvalue weighted by atomic mass is 19.1. The van der Waals surface area contributed by atoms with Gasteiger partial charge in [-0.05, 0) is 24.3 Å². The number of hydrogen-bond acceptors (Lipinski definition) is 6. The largest absolute Gasteiger partial charge is 0.493 e. The number of halogens is 2. The number of amides is 1. The number of nitriles is 1. The van der Waals surface area contributed by atoms with Crippen molar-refractivity contribution in [2.45, 2.75) is 0 Å². The molecule has 0 unspecified atom stereocenters. The lowest BCUT2D eigenvalue weighted by molar-refractivity contribution is -0.385. The molecular weight excluding hydrogens is 376 g/mol. The SMILES string of the molecule is COc1cc(/C=C(\C#N)C(=O)Nc2ccc(F)cc2F)c([N+](=O)[O-])cc1OC. The molecule has 0 fully saturated rings. The van der Waals surface area contributed by atoms with Crippen molar-refractivity contribution in [1.29, 1.82) is 5.26 Å². The average molecular weight is 389 g/mol. The minimum absolute atomic E-state index is 0.0858. The van der Waals surface area contributed by atoms with Crippen LogP contribution in [0.3, 0.4) is 0 Å². The molecule has 0 aliphatic rings. The molecule has 2 rings (SSSR count). The molecule has 0 radical (unpaired) electrons. The number of carbonyl (C=O) groups excluding carboxylic acids is 1. The quantitative estimate of drug-likeness (QED) is 0.350. The van der Waals surface area contributed by atoms with E-state index in [2.05, 4.69) is 5.32 Å². The fourth-order valence-electron chi connectivity index (χ4n) is 2.24. The zero-order valence-corrected chi connectivity index (χ0v) is 14.7. The maximum absolute atomic E-state index is 13.7. The lowest BCUT2D eigenvalue weighted by atomic mass is 10.1. The first-order valence-electron chi connectivity index (χ1n) is 7.59. The molecule has 2 aromatic rings. The number of nitro benzene ring substituents is 1. The number of nitrogens with zero attached hydrogens (tertiary/aromatic N) is 2. The molecule has 0 heterocycles. The molecule has 144 valence electrons. The predicted molar refractivity (Wildman–Crippen MR) is 94.8 cm³/mol. The summed E-state index contributed by atoms with van der Waals surface area (Å²) >= 11 is 0. The Hall–Kier alpha value is -4.00. The fourth-order valence-corrected chi connectivity index (χ4v) is 2.24. The summed E-state index contributed by atoms with van der Waals surface area (Å²) in [5.74, 6) is -2.68. The van der Waals surface area contributed by atoms with E-state index in [1.54, 1.807) is 6.07 Å². The molecule has 8 nitrogen and oxygen atoms in total. The van der Waals surface area contributed by atoms with Gasteiger partial charge in [-0.2, -0.15) is 5.26 Å². The minimum Gasteiger partial charge on any atom is -0.493 e. The third-order valence-electron chi connectivity index (χ3n) is 3.57. The monoisotopic (exact) mass is 389 g/mol. The first kappa shape index (κ1) is 20.3. The van der Waals surface area contributed by atoms with Crippen molar-refractivity contribution < 1.29 is 28.0 Å². The van der Waals surface area contributed by atoms with E-state index in [4.69, 9.17) is 9.47 Å². The second kappa shape index (κ2) is 8.59. The van der Waals surface area contributed by atoms with Crippen LogP contribution in [0.5, 0.6) is 11.5 Å². The highest BCUT2D eigenvalue weighted by molar-refractivity contribution is 6.10. The third-order valence-corrected chi connectivity index (χ3v) is 3.57. The Balaban J connectivity index is 2.46. The second-order valence-corrected chi connectivity index (χ2v) is 5.27. The Kier molecular flexibility index (Phi) is 6.23. The summed E-state index contributed by atoms with van der Waals surface area (Å²) in [6.45, 7) is 0. The Morgan fingerprint density at radius 1 is 1.21 bits per heavy atom. The van der Waals surface area contributed by atoms with Crippen LogP contribution in [0.15, 0.2) is 35.9 Å². The van der Waals surface area contributed by atoms with Crippen LogP contribution in [0.25, 0.3) is 6.08 Å². The minimum atomic E-state index is -1.04. The molecule has 0 bridgehead atoms. The van der Waals surface area contributed by atoms with E-state index in [9.17, 15) is 29.0 Å². The van der Waals surface area contributed by atoms with Crippen molar-refractivity contribution in [3.63, 3.8) is 0 Å². The smallest absolute Gasteiger partial charge is 0.280 e. The molecule has 1 amide bonds. The average Bonchev–Trinajstić information content (AvgIpc) is 2.67. The zero-order chi connectivity index (χ0) is 20.8. The van der Waals surface area contributed by atoms with Crippen molar-refractivity contribution in [3.05, 3.63) is 63.2 Å². The van der Waals surface area contributed by atoms with Crippen LogP contribution in [0.4, 0.5) is 20.2 Å². The van der Waals surface area contributed by atoms with Crippen LogP contribution >= 0.6 is 0 Å². The van der Waals surface area contributed by atoms with Crippen molar-refractivity contribution in [1.82, 2.24) is 0 Å². The number of methoxy groups -OCH3 is 2. The lowest BCUT2D eigenvalue weighted by Crippen LogP contribution is -2.14. The normalized spacial score (nSPS) is 10.8. The second-order valence-electron chi connectivity index (χ2n) is 5.27. The summed E-state index contributed by atoms with van der Waals surface area (Å²) in [6.07, 6.45) is 0.955. The van der Waals surface area contributed by atoms with Crippen LogP contribution in [0.2, 0.25) is 0 Å². The number of ether oxygens (including phenoxy) is 2. The number of anilines is 1. The van der Waals surface area contributed by atoms with Gasteiger partial charge in [0.1, 0.15) is 23.3 Å². The molecule has 0 aliphatic carbocycles. The van der Waals surface area contributed by atoms with Gasteiger partial charge in [0, 0.05) is 6.07 Å². The van der Waals surface area contributed by atoms with E-state index in [-0.39, 0.29) is 22.7 Å². The number of hydrogen-bond donors (Lipinski definition) is 1. The van der Waals surface area contributed by atoms with Crippen LogP contribution in [0, 0.1) is 33.1 Å². The van der Waals surface area contributed by atoms with Crippen LogP contribution in [-0.4, -0.2) is 25.1 Å². The summed E-state index contributed by atoms with van der Waals surface area (Å²) < 4.78 is 36.7. The number of nitrogens with one attached hydrogen (secondary N) is 1. The summed E-state index contributed by atoms with van der Waals surface area (Å²) in [5.41, 5.74) is -1.44. The Labute approximate surface area is 157 Å². The highest BCUT2D eigenvalue weighted by Gasteiger charge is 2.20. The van der Waals surface area contributed by atoms with Crippen LogP contribution in [0.1, 0.15) is 5.56 Å². The molecule has 0 saturated heterocycles. The molecule has 2 aromatic carbocycles. The van der Waals surface area contributed by atoms with E-state index in [1.807, 2.05) is 0 Å². The zero-order valence-electron chi connectivity index (χ0n) is 14.7. The van der Waals surface area contributed by atoms with Gasteiger partial charge in [-0.3, -0.25) is 14.9 Å². The van der Waals surface area contributed by atoms with Crippen LogP contribution in [-0.2, 0) is 4.79 Å². The fraction of sp³-hybridized carbons (Fsp3) is 0.111. The van der Waals surface area contributed by atoms with Crippen LogP contribution < -0.4 is 14.8 Å². The van der Waals surface area contributed by atoms with Gasteiger partial charge < -0.3 is 14.8 Å². The van der Waals surface area contributed by atoms with Gasteiger partial charge >= 0.3 is 0 Å². The number of benzene rings is 2. The summed E-state index contributed by atoms with van der Waals surface area (Å²) in [5, 5.41) is 22.7. The predicted octanol–water partition coefficient (Wildman–Crippen LogP) is 3.44. The van der Waals surface area contributed by atoms with E-state index >= 15 is 0 Å². The topological polar surface area (TPSA) is 114 Å². The van der Waals surface area contributed by atoms with Crippen molar-refractivity contribution in [3.8, 4) is 17.6 Å². The third kappa shape index (κ3) is 4.39. The van der Waals surface area contributed by atoms with E-state index in [1.165, 1.54) is 20.3 Å². The molecule has 0 aliphatic heterocycles. The summed E-state index contributed by atoms with van der Waals surface area (Å²) in [6, 6.07) is 6.36. The summed E-state index contributed by atoms with van der Waals surface area (Å²) in [7, 11) is 2.61. The lowest BCUT2D eigenvalue weighted by Gasteiger charge is -2.09. The number of rotatable bonds is 6. The molecule has 28 heavy (non-hydrogen) atoms. The van der Waals surface area contributed by atoms with Gasteiger partial charge in [-0.1, -0.05) is 0 Å². The first-order chi connectivity index (χ1) is 13.3. The van der Waals surface area contributed by atoms with Gasteiger partial charge in [-0.25, -0.2) is 8.78 Å². The van der Waals surface area contributed by atoms with Gasteiger partial charge in [0.25, 0.3) is 11.6 Å². The van der Waals surface area contributed by atoms with Gasteiger partial charge in [0.2, 0.25) is 0 Å². The molecule has 1 N–H and O–H groups in total. The maximum Gasteiger partial charge on any atom is 0.280 e. The Bertz CT molecular complexity index is 1020. The molecular formula is C18H13F2N3O5. The van der Waals surface area contributed by atoms with Gasteiger partial charge in [-0.15, -0.1) is 0 Å².